The number of hydrogen-bond acceptors (Lipinski definition) is 6. The molecule has 0 radical (unpaired) electrons. The monoisotopic (exact) mass is 359 g/mol. The molecule has 1 aromatic carbocycles. The van der Waals surface area contributed by atoms with Gasteiger partial charge in [0.25, 0.3) is 5.91 Å². The molecule has 1 atom stereocenters. The van der Waals surface area contributed by atoms with Crippen molar-refractivity contribution in [2.24, 2.45) is 7.05 Å². The third-order valence-electron chi connectivity index (χ3n) is 5.21. The molecule has 0 saturated carbocycles. The van der Waals surface area contributed by atoms with Gasteiger partial charge in [-0.05, 0) is 31.2 Å². The molecule has 4 rings (SSSR count). The van der Waals surface area contributed by atoms with Gasteiger partial charge in [-0.25, -0.2) is 4.98 Å². The zero-order valence-corrected chi connectivity index (χ0v) is 15.0. The molecule has 2 aromatic rings. The fourth-order valence-corrected chi connectivity index (χ4v) is 3.60. The first kappa shape index (κ1) is 17.3. The van der Waals surface area contributed by atoms with Crippen LogP contribution in [-0.4, -0.2) is 72.1 Å². The van der Waals surface area contributed by atoms with E-state index in [1.807, 2.05) is 19.2 Å². The van der Waals surface area contributed by atoms with Crippen molar-refractivity contribution in [1.82, 2.24) is 20.2 Å². The fourth-order valence-electron chi connectivity index (χ4n) is 3.60. The predicted octanol–water partition coefficient (Wildman–Crippen LogP) is -0.136. The van der Waals surface area contributed by atoms with Crippen LogP contribution < -0.4 is 15.5 Å². The van der Waals surface area contributed by atoms with Crippen LogP contribution in [-0.2, 0) is 11.8 Å². The Hall–Kier alpha value is -2.16. The molecule has 2 fully saturated rings. The first-order valence-electron chi connectivity index (χ1n) is 9.06. The Morgan fingerprint density at radius 2 is 2.23 bits per heavy atom. The predicted molar refractivity (Wildman–Crippen MR) is 98.5 cm³/mol. The number of fused-ring (bicyclic) bond motifs is 1. The van der Waals surface area contributed by atoms with Crippen molar-refractivity contribution in [2.45, 2.75) is 12.0 Å². The van der Waals surface area contributed by atoms with Gasteiger partial charge in [0, 0.05) is 38.8 Å². The van der Waals surface area contributed by atoms with E-state index in [2.05, 4.69) is 20.1 Å². The number of nitrogens with one attached hydrogen (secondary N) is 2. The molecule has 8 heteroatoms. The SMILES string of the molecule is Cn1c(N2CCOCC2)nc2cc(C(=O)NC[C@@]3(O)CCNC3)ccc21. The van der Waals surface area contributed by atoms with Crippen LogP contribution in [0.3, 0.4) is 0 Å². The number of morpholine rings is 1. The summed E-state index contributed by atoms with van der Waals surface area (Å²) in [6, 6.07) is 5.54. The second-order valence-corrected chi connectivity index (χ2v) is 7.11. The lowest BCUT2D eigenvalue weighted by Crippen LogP contribution is -2.44. The van der Waals surface area contributed by atoms with Crippen molar-refractivity contribution in [1.29, 1.82) is 0 Å². The van der Waals surface area contributed by atoms with E-state index in [-0.39, 0.29) is 12.5 Å². The van der Waals surface area contributed by atoms with Crippen molar-refractivity contribution in [3.63, 3.8) is 0 Å². The van der Waals surface area contributed by atoms with E-state index in [9.17, 15) is 9.90 Å². The van der Waals surface area contributed by atoms with Crippen molar-refractivity contribution in [3.05, 3.63) is 23.8 Å². The lowest BCUT2D eigenvalue weighted by Gasteiger charge is -2.27. The van der Waals surface area contributed by atoms with Gasteiger partial charge in [-0.3, -0.25) is 4.79 Å². The Bertz CT molecular complexity index is 807. The summed E-state index contributed by atoms with van der Waals surface area (Å²) in [7, 11) is 1.99. The molecule has 0 unspecified atom stereocenters. The van der Waals surface area contributed by atoms with Gasteiger partial charge in [0.2, 0.25) is 5.95 Å². The molecule has 1 amide bonds. The summed E-state index contributed by atoms with van der Waals surface area (Å²) in [5.41, 5.74) is 1.48. The lowest BCUT2D eigenvalue weighted by atomic mass is 10.0. The zero-order chi connectivity index (χ0) is 18.1. The molecule has 26 heavy (non-hydrogen) atoms. The van der Waals surface area contributed by atoms with Crippen LogP contribution in [0.1, 0.15) is 16.8 Å². The number of aromatic nitrogens is 2. The van der Waals surface area contributed by atoms with Crippen LogP contribution in [0.25, 0.3) is 11.0 Å². The van der Waals surface area contributed by atoms with E-state index in [1.54, 1.807) is 6.07 Å². The number of amides is 1. The molecule has 3 heterocycles. The normalized spacial score (nSPS) is 23.5. The molecule has 2 aliphatic rings. The van der Waals surface area contributed by atoms with Gasteiger partial charge in [0.1, 0.15) is 0 Å². The van der Waals surface area contributed by atoms with E-state index in [1.165, 1.54) is 0 Å². The number of hydrogen-bond donors (Lipinski definition) is 3. The maximum absolute atomic E-state index is 12.5. The molecule has 1 aromatic heterocycles. The largest absolute Gasteiger partial charge is 0.387 e. The van der Waals surface area contributed by atoms with Crippen LogP contribution in [0.4, 0.5) is 5.95 Å². The highest BCUT2D eigenvalue weighted by Gasteiger charge is 2.31. The van der Waals surface area contributed by atoms with Gasteiger partial charge in [0.05, 0.1) is 29.8 Å². The van der Waals surface area contributed by atoms with Gasteiger partial charge in [0.15, 0.2) is 0 Å². The maximum atomic E-state index is 12.5. The molecule has 0 bridgehead atoms. The van der Waals surface area contributed by atoms with Gasteiger partial charge in [-0.15, -0.1) is 0 Å². The zero-order valence-electron chi connectivity index (χ0n) is 15.0. The summed E-state index contributed by atoms with van der Waals surface area (Å²) in [6.07, 6.45) is 0.648. The van der Waals surface area contributed by atoms with Crippen LogP contribution >= 0.6 is 0 Å². The van der Waals surface area contributed by atoms with E-state index < -0.39 is 5.60 Å². The van der Waals surface area contributed by atoms with Gasteiger partial charge < -0.3 is 29.9 Å². The highest BCUT2D eigenvalue weighted by molar-refractivity contribution is 5.97. The Kier molecular flexibility index (Phi) is 4.56. The quantitative estimate of drug-likeness (QED) is 0.704. The molecule has 3 N–H and O–H groups in total. The molecule has 0 aliphatic carbocycles. The molecule has 0 spiro atoms. The second-order valence-electron chi connectivity index (χ2n) is 7.11. The Labute approximate surface area is 152 Å². The van der Waals surface area contributed by atoms with E-state index >= 15 is 0 Å². The Morgan fingerprint density at radius 3 is 2.96 bits per heavy atom. The summed E-state index contributed by atoms with van der Waals surface area (Å²) < 4.78 is 7.46. The van der Waals surface area contributed by atoms with Gasteiger partial charge in [-0.1, -0.05) is 0 Å². The van der Waals surface area contributed by atoms with E-state index in [0.717, 1.165) is 36.6 Å². The Balaban J connectivity index is 1.52. The number of imidazole rings is 1. The number of anilines is 1. The number of carbonyl (C=O) groups excluding carboxylic acids is 1. The smallest absolute Gasteiger partial charge is 0.251 e. The van der Waals surface area contributed by atoms with Crippen molar-refractivity contribution >= 4 is 22.9 Å². The minimum Gasteiger partial charge on any atom is -0.387 e. The number of rotatable bonds is 4. The number of β-amino-alcohol motifs (C(OH)–C–C–N with tert-alkyl or cyclic N) is 1. The van der Waals surface area contributed by atoms with Gasteiger partial charge >= 0.3 is 0 Å². The third-order valence-corrected chi connectivity index (χ3v) is 5.21. The van der Waals surface area contributed by atoms with E-state index in [0.29, 0.717) is 31.7 Å². The van der Waals surface area contributed by atoms with Crippen LogP contribution in [0, 0.1) is 0 Å². The van der Waals surface area contributed by atoms with Crippen LogP contribution in [0.5, 0.6) is 0 Å². The average Bonchev–Trinajstić information content (AvgIpc) is 3.24. The van der Waals surface area contributed by atoms with E-state index in [4.69, 9.17) is 9.72 Å². The minimum absolute atomic E-state index is 0.189. The highest BCUT2D eigenvalue weighted by Crippen LogP contribution is 2.23. The summed E-state index contributed by atoms with van der Waals surface area (Å²) in [5, 5.41) is 16.3. The highest BCUT2D eigenvalue weighted by atomic mass is 16.5. The molecule has 2 aliphatic heterocycles. The number of aliphatic hydroxyl groups is 1. The number of aryl methyl sites for hydroxylation is 1. The topological polar surface area (TPSA) is 91.7 Å². The van der Waals surface area contributed by atoms with Crippen molar-refractivity contribution in [2.75, 3.05) is 50.8 Å². The van der Waals surface area contributed by atoms with Crippen molar-refractivity contribution < 1.29 is 14.6 Å². The molecular weight excluding hydrogens is 334 g/mol. The number of benzene rings is 1. The third kappa shape index (κ3) is 3.27. The first-order chi connectivity index (χ1) is 12.6. The Morgan fingerprint density at radius 1 is 1.42 bits per heavy atom. The molecule has 140 valence electrons. The summed E-state index contributed by atoms with van der Waals surface area (Å²) >= 11 is 0. The fraction of sp³-hybridized carbons (Fsp3) is 0.556. The van der Waals surface area contributed by atoms with Crippen LogP contribution in [0.2, 0.25) is 0 Å². The summed E-state index contributed by atoms with van der Waals surface area (Å²) in [6.45, 7) is 4.57. The summed E-state index contributed by atoms with van der Waals surface area (Å²) in [5.74, 6) is 0.706. The lowest BCUT2D eigenvalue weighted by molar-refractivity contribution is 0.0562. The molecular formula is C18H25N5O3. The maximum Gasteiger partial charge on any atom is 0.251 e. The number of ether oxygens (including phenoxy) is 1. The van der Waals surface area contributed by atoms with Gasteiger partial charge in [-0.2, -0.15) is 0 Å². The molecule has 8 nitrogen and oxygen atoms in total. The summed E-state index contributed by atoms with van der Waals surface area (Å²) in [4.78, 5) is 19.4. The second kappa shape index (κ2) is 6.86. The van der Waals surface area contributed by atoms with Crippen LogP contribution in [0.15, 0.2) is 18.2 Å². The van der Waals surface area contributed by atoms with Crippen molar-refractivity contribution in [3.8, 4) is 0 Å². The molecule has 2 saturated heterocycles. The standard InChI is InChI=1S/C18H25N5O3/c1-22-15-3-2-13(16(24)20-12-18(25)4-5-19-11-18)10-14(15)21-17(22)23-6-8-26-9-7-23/h2-3,10,19,25H,4-9,11-12H2,1H3,(H,20,24)/t18-/m1/s1. The number of nitrogens with zero attached hydrogens (tertiary/aromatic N) is 3. The minimum atomic E-state index is -0.853. The number of carbonyl (C=O) groups is 1. The first-order valence-corrected chi connectivity index (χ1v) is 9.06. The average molecular weight is 359 g/mol.